The zero-order valence-electron chi connectivity index (χ0n) is 14.9. The maximum Gasteiger partial charge on any atom is 0.263 e. The standard InChI is InChI=1S/C17H20N4O4S2/c1-11(2)21-10-12(9-15(21)22)16(23)19-13-3-5-14(6-4-13)27(24,25)20-17-18-7-8-26-17/h3-8,11-12H,9-10H2,1-2H3,(H,18,20)(H,19,23)/t12-/m1/s1. The summed E-state index contributed by atoms with van der Waals surface area (Å²) in [6, 6.07) is 5.92. The van der Waals surface area contributed by atoms with Crippen LogP contribution in [0.15, 0.2) is 40.7 Å². The normalized spacial score (nSPS) is 17.4. The lowest BCUT2D eigenvalue weighted by atomic mass is 10.1. The third kappa shape index (κ3) is 4.45. The zero-order valence-corrected chi connectivity index (χ0v) is 16.5. The number of hydrogen-bond donors (Lipinski definition) is 2. The summed E-state index contributed by atoms with van der Waals surface area (Å²) in [5, 5.41) is 4.70. The highest BCUT2D eigenvalue weighted by Gasteiger charge is 2.35. The SMILES string of the molecule is CC(C)N1C[C@H](C(=O)Nc2ccc(S(=O)(=O)Nc3nccs3)cc2)CC1=O. The van der Waals surface area contributed by atoms with Gasteiger partial charge in [0.05, 0.1) is 10.8 Å². The molecule has 1 saturated heterocycles. The van der Waals surface area contributed by atoms with Crippen LogP contribution in [0.3, 0.4) is 0 Å². The van der Waals surface area contributed by atoms with Crippen LogP contribution in [0.5, 0.6) is 0 Å². The summed E-state index contributed by atoms with van der Waals surface area (Å²) in [7, 11) is -3.73. The average Bonchev–Trinajstić information content (AvgIpc) is 3.24. The summed E-state index contributed by atoms with van der Waals surface area (Å²) < 4.78 is 27.0. The van der Waals surface area contributed by atoms with Gasteiger partial charge < -0.3 is 10.2 Å². The van der Waals surface area contributed by atoms with E-state index in [0.717, 1.165) is 0 Å². The first kappa shape index (κ1) is 19.3. The van der Waals surface area contributed by atoms with Gasteiger partial charge in [-0.15, -0.1) is 11.3 Å². The van der Waals surface area contributed by atoms with Crippen LogP contribution in [0, 0.1) is 5.92 Å². The van der Waals surface area contributed by atoms with Crippen LogP contribution in [0.1, 0.15) is 20.3 Å². The molecule has 2 amide bonds. The summed E-state index contributed by atoms with van der Waals surface area (Å²) in [6.07, 6.45) is 1.70. The molecule has 3 rings (SSSR count). The largest absolute Gasteiger partial charge is 0.339 e. The van der Waals surface area contributed by atoms with Crippen LogP contribution in [-0.2, 0) is 19.6 Å². The fourth-order valence-corrected chi connectivity index (χ4v) is 4.60. The molecule has 1 aromatic carbocycles. The van der Waals surface area contributed by atoms with Crippen molar-refractivity contribution >= 4 is 44.0 Å². The lowest BCUT2D eigenvalue weighted by Crippen LogP contribution is -2.33. The van der Waals surface area contributed by atoms with E-state index >= 15 is 0 Å². The topological polar surface area (TPSA) is 108 Å². The molecular weight excluding hydrogens is 388 g/mol. The van der Waals surface area contributed by atoms with E-state index in [9.17, 15) is 18.0 Å². The molecule has 0 radical (unpaired) electrons. The Hall–Kier alpha value is -2.46. The Morgan fingerprint density at radius 1 is 1.30 bits per heavy atom. The van der Waals surface area contributed by atoms with Crippen LogP contribution in [0.2, 0.25) is 0 Å². The summed E-state index contributed by atoms with van der Waals surface area (Å²) in [5.74, 6) is -0.683. The third-order valence-electron chi connectivity index (χ3n) is 4.24. The number of aromatic nitrogens is 1. The minimum Gasteiger partial charge on any atom is -0.339 e. The van der Waals surface area contributed by atoms with Crippen molar-refractivity contribution in [3.63, 3.8) is 0 Å². The number of nitrogens with one attached hydrogen (secondary N) is 2. The Morgan fingerprint density at radius 2 is 2.00 bits per heavy atom. The molecule has 10 heteroatoms. The molecule has 2 N–H and O–H groups in total. The van der Waals surface area contributed by atoms with Crippen molar-refractivity contribution in [2.75, 3.05) is 16.6 Å². The van der Waals surface area contributed by atoms with Crippen molar-refractivity contribution in [3.8, 4) is 0 Å². The van der Waals surface area contributed by atoms with Gasteiger partial charge in [0.25, 0.3) is 10.0 Å². The number of thiazole rings is 1. The Kier molecular flexibility index (Phi) is 5.47. The van der Waals surface area contributed by atoms with Crippen molar-refractivity contribution in [1.29, 1.82) is 0 Å². The third-order valence-corrected chi connectivity index (χ3v) is 6.41. The number of amides is 2. The van der Waals surface area contributed by atoms with Crippen molar-refractivity contribution < 1.29 is 18.0 Å². The zero-order chi connectivity index (χ0) is 19.6. The molecular formula is C17H20N4O4S2. The highest BCUT2D eigenvalue weighted by Crippen LogP contribution is 2.23. The summed E-state index contributed by atoms with van der Waals surface area (Å²) in [4.78, 5) is 30.0. The van der Waals surface area contributed by atoms with E-state index in [4.69, 9.17) is 0 Å². The molecule has 2 aromatic rings. The van der Waals surface area contributed by atoms with Gasteiger partial charge in [-0.1, -0.05) is 0 Å². The number of hydrogen-bond acceptors (Lipinski definition) is 6. The van der Waals surface area contributed by atoms with E-state index in [1.807, 2.05) is 13.8 Å². The summed E-state index contributed by atoms with van der Waals surface area (Å²) >= 11 is 1.18. The highest BCUT2D eigenvalue weighted by atomic mass is 32.2. The fourth-order valence-electron chi connectivity index (χ4n) is 2.82. The second kappa shape index (κ2) is 7.65. The molecule has 2 heterocycles. The monoisotopic (exact) mass is 408 g/mol. The maximum atomic E-state index is 12.4. The molecule has 0 aliphatic carbocycles. The molecule has 0 unspecified atom stereocenters. The molecule has 0 spiro atoms. The first-order valence-electron chi connectivity index (χ1n) is 8.39. The van der Waals surface area contributed by atoms with E-state index in [-0.39, 0.29) is 34.3 Å². The lowest BCUT2D eigenvalue weighted by molar-refractivity contribution is -0.129. The number of anilines is 2. The summed E-state index contributed by atoms with van der Waals surface area (Å²) in [5.41, 5.74) is 0.476. The molecule has 0 saturated carbocycles. The number of carbonyl (C=O) groups is 2. The second-order valence-corrected chi connectivity index (χ2v) is 9.07. The number of benzene rings is 1. The van der Waals surface area contributed by atoms with Crippen LogP contribution in [-0.4, -0.2) is 42.7 Å². The number of nitrogens with zero attached hydrogens (tertiary/aromatic N) is 2. The molecule has 27 heavy (non-hydrogen) atoms. The van der Waals surface area contributed by atoms with Crippen LogP contribution >= 0.6 is 11.3 Å². The van der Waals surface area contributed by atoms with Crippen molar-refractivity contribution in [3.05, 3.63) is 35.8 Å². The Bertz CT molecular complexity index is 924. The molecule has 0 bridgehead atoms. The fraction of sp³-hybridized carbons (Fsp3) is 0.353. The van der Waals surface area contributed by atoms with Gasteiger partial charge in [0.1, 0.15) is 0 Å². The van der Waals surface area contributed by atoms with Crippen LogP contribution in [0.4, 0.5) is 10.8 Å². The van der Waals surface area contributed by atoms with Gasteiger partial charge in [-0.05, 0) is 38.1 Å². The van der Waals surface area contributed by atoms with Crippen molar-refractivity contribution in [2.24, 2.45) is 5.92 Å². The Balaban J connectivity index is 1.64. The van der Waals surface area contributed by atoms with E-state index in [0.29, 0.717) is 12.2 Å². The van der Waals surface area contributed by atoms with Gasteiger partial charge in [-0.2, -0.15) is 0 Å². The molecule has 1 aliphatic heterocycles. The average molecular weight is 409 g/mol. The predicted octanol–water partition coefficient (Wildman–Crippen LogP) is 2.14. The van der Waals surface area contributed by atoms with Gasteiger partial charge in [-0.3, -0.25) is 14.3 Å². The van der Waals surface area contributed by atoms with E-state index in [2.05, 4.69) is 15.0 Å². The lowest BCUT2D eigenvalue weighted by Gasteiger charge is -2.20. The van der Waals surface area contributed by atoms with E-state index < -0.39 is 15.9 Å². The van der Waals surface area contributed by atoms with Crippen LogP contribution < -0.4 is 10.0 Å². The minimum atomic E-state index is -3.73. The van der Waals surface area contributed by atoms with Crippen LogP contribution in [0.25, 0.3) is 0 Å². The van der Waals surface area contributed by atoms with Crippen molar-refractivity contribution in [1.82, 2.24) is 9.88 Å². The molecule has 1 fully saturated rings. The molecule has 1 aromatic heterocycles. The number of carbonyl (C=O) groups excluding carboxylic acids is 2. The summed E-state index contributed by atoms with van der Waals surface area (Å²) in [6.45, 7) is 4.22. The van der Waals surface area contributed by atoms with E-state index in [1.54, 1.807) is 10.3 Å². The van der Waals surface area contributed by atoms with Gasteiger partial charge in [0.2, 0.25) is 11.8 Å². The number of likely N-dealkylation sites (tertiary alicyclic amines) is 1. The molecule has 8 nitrogen and oxygen atoms in total. The highest BCUT2D eigenvalue weighted by molar-refractivity contribution is 7.93. The van der Waals surface area contributed by atoms with Gasteiger partial charge >= 0.3 is 0 Å². The minimum absolute atomic E-state index is 0.0279. The van der Waals surface area contributed by atoms with Gasteiger partial charge in [0, 0.05) is 36.3 Å². The first-order valence-corrected chi connectivity index (χ1v) is 10.8. The van der Waals surface area contributed by atoms with E-state index in [1.165, 1.54) is 41.8 Å². The second-order valence-electron chi connectivity index (χ2n) is 6.50. The Morgan fingerprint density at radius 3 is 2.56 bits per heavy atom. The van der Waals surface area contributed by atoms with Gasteiger partial charge in [-0.25, -0.2) is 13.4 Å². The quantitative estimate of drug-likeness (QED) is 0.761. The first-order chi connectivity index (χ1) is 12.8. The molecule has 1 atom stereocenters. The Labute approximate surface area is 161 Å². The molecule has 144 valence electrons. The van der Waals surface area contributed by atoms with Gasteiger partial charge in [0.15, 0.2) is 5.13 Å². The molecule has 1 aliphatic rings. The van der Waals surface area contributed by atoms with Crippen molar-refractivity contribution in [2.45, 2.75) is 31.2 Å². The smallest absolute Gasteiger partial charge is 0.263 e. The number of sulfonamides is 1. The maximum absolute atomic E-state index is 12.4. The number of rotatable bonds is 6. The predicted molar refractivity (Wildman–Crippen MR) is 103 cm³/mol.